The Kier molecular flexibility index (Phi) is 5.76. The molecule has 1 saturated heterocycles. The van der Waals surface area contributed by atoms with Gasteiger partial charge >= 0.3 is 0 Å². The van der Waals surface area contributed by atoms with E-state index in [1.54, 1.807) is 0 Å². The zero-order valence-corrected chi connectivity index (χ0v) is 13.1. The van der Waals surface area contributed by atoms with Crippen LogP contribution in [0.25, 0.3) is 0 Å². The average Bonchev–Trinajstić information content (AvgIpc) is 2.48. The first-order valence-corrected chi connectivity index (χ1v) is 7.85. The van der Waals surface area contributed by atoms with Crippen molar-refractivity contribution in [3.05, 3.63) is 35.4 Å². The molecule has 1 aromatic rings. The van der Waals surface area contributed by atoms with Crippen LogP contribution in [0.4, 0.5) is 0 Å². The number of piperidine rings is 1. The number of likely N-dealkylation sites (tertiary alicyclic amines) is 1. The molecule has 0 aromatic heterocycles. The summed E-state index contributed by atoms with van der Waals surface area (Å²) in [6.07, 6.45) is 2.25. The fourth-order valence-corrected chi connectivity index (χ4v) is 2.90. The van der Waals surface area contributed by atoms with Crippen LogP contribution < -0.4 is 11.1 Å². The Balaban J connectivity index is 1.79. The molecule has 1 aromatic carbocycles. The molecule has 1 aliphatic heterocycles. The predicted molar refractivity (Wildman–Crippen MR) is 85.8 cm³/mol. The lowest BCUT2D eigenvalue weighted by Gasteiger charge is -2.37. The van der Waals surface area contributed by atoms with Gasteiger partial charge in [0.25, 0.3) is 0 Å². The van der Waals surface area contributed by atoms with E-state index in [1.807, 2.05) is 0 Å². The van der Waals surface area contributed by atoms with Crippen molar-refractivity contribution in [2.45, 2.75) is 39.3 Å². The molecule has 21 heavy (non-hydrogen) atoms. The number of aryl methyl sites for hydroxylation is 1. The molecule has 4 nitrogen and oxygen atoms in total. The number of nitrogens with two attached hydrogens (primary N) is 1. The molecular formula is C17H27N3O. The second-order valence-electron chi connectivity index (χ2n) is 6.25. The largest absolute Gasteiger partial charge is 0.351 e. The number of benzene rings is 1. The number of hydrogen-bond donors (Lipinski definition) is 2. The van der Waals surface area contributed by atoms with Crippen molar-refractivity contribution in [2.75, 3.05) is 19.6 Å². The third-order valence-electron chi connectivity index (χ3n) is 4.33. The Morgan fingerprint density at radius 2 is 2.10 bits per heavy atom. The number of nitrogens with zero attached hydrogens (tertiary/aromatic N) is 1. The summed E-state index contributed by atoms with van der Waals surface area (Å²) in [5.41, 5.74) is 8.21. The molecule has 0 bridgehead atoms. The summed E-state index contributed by atoms with van der Waals surface area (Å²) in [6.45, 7) is 6.98. The van der Waals surface area contributed by atoms with Crippen LogP contribution in [0.15, 0.2) is 24.3 Å². The average molecular weight is 289 g/mol. The van der Waals surface area contributed by atoms with Gasteiger partial charge in [0, 0.05) is 19.1 Å². The lowest BCUT2D eigenvalue weighted by Crippen LogP contribution is -2.50. The van der Waals surface area contributed by atoms with Crippen molar-refractivity contribution in [3.8, 4) is 0 Å². The van der Waals surface area contributed by atoms with E-state index in [0.29, 0.717) is 31.6 Å². The predicted octanol–water partition coefficient (Wildman–Crippen LogP) is 1.67. The van der Waals surface area contributed by atoms with E-state index in [1.165, 1.54) is 5.56 Å². The fraction of sp³-hybridized carbons (Fsp3) is 0.588. The topological polar surface area (TPSA) is 58.4 Å². The third kappa shape index (κ3) is 4.83. The molecule has 4 heteroatoms. The van der Waals surface area contributed by atoms with E-state index < -0.39 is 0 Å². The summed E-state index contributed by atoms with van der Waals surface area (Å²) in [5, 5.41) is 3.00. The first kappa shape index (κ1) is 16.0. The smallest absolute Gasteiger partial charge is 0.234 e. The van der Waals surface area contributed by atoms with Crippen molar-refractivity contribution < 1.29 is 4.79 Å². The van der Waals surface area contributed by atoms with Gasteiger partial charge in [-0.05, 0) is 37.8 Å². The van der Waals surface area contributed by atoms with Crippen molar-refractivity contribution in [2.24, 2.45) is 11.7 Å². The van der Waals surface area contributed by atoms with Gasteiger partial charge in [-0.2, -0.15) is 0 Å². The van der Waals surface area contributed by atoms with E-state index in [9.17, 15) is 4.79 Å². The van der Waals surface area contributed by atoms with Gasteiger partial charge in [0.2, 0.25) is 5.91 Å². The molecule has 1 aliphatic rings. The highest BCUT2D eigenvalue weighted by Gasteiger charge is 2.26. The van der Waals surface area contributed by atoms with Gasteiger partial charge in [0.1, 0.15) is 0 Å². The van der Waals surface area contributed by atoms with Gasteiger partial charge in [-0.25, -0.2) is 0 Å². The Morgan fingerprint density at radius 1 is 1.38 bits per heavy atom. The van der Waals surface area contributed by atoms with Crippen molar-refractivity contribution in [1.29, 1.82) is 0 Å². The minimum Gasteiger partial charge on any atom is -0.351 e. The van der Waals surface area contributed by atoms with Crippen LogP contribution in [0, 0.1) is 12.8 Å². The van der Waals surface area contributed by atoms with E-state index >= 15 is 0 Å². The second-order valence-corrected chi connectivity index (χ2v) is 6.25. The normalized spacial score (nSPS) is 23.0. The zero-order valence-electron chi connectivity index (χ0n) is 13.1. The first-order valence-electron chi connectivity index (χ1n) is 7.85. The van der Waals surface area contributed by atoms with Crippen LogP contribution in [0.3, 0.4) is 0 Å². The fourth-order valence-electron chi connectivity index (χ4n) is 2.90. The van der Waals surface area contributed by atoms with Gasteiger partial charge in [-0.15, -0.1) is 0 Å². The minimum absolute atomic E-state index is 0.0866. The van der Waals surface area contributed by atoms with Gasteiger partial charge in [0.05, 0.1) is 6.54 Å². The standard InChI is InChI=1S/C17H27N3O/c1-13-3-5-15(6-4-13)11-19-17(21)12-20-8-7-14(2)9-16(20)10-18/h3-6,14,16H,7-12,18H2,1-2H3,(H,19,21). The Bertz CT molecular complexity index is 458. The van der Waals surface area contributed by atoms with Crippen molar-refractivity contribution >= 4 is 5.91 Å². The monoisotopic (exact) mass is 289 g/mol. The molecule has 1 fully saturated rings. The van der Waals surface area contributed by atoms with E-state index in [2.05, 4.69) is 48.3 Å². The molecular weight excluding hydrogens is 262 g/mol. The molecule has 1 amide bonds. The molecule has 116 valence electrons. The molecule has 0 radical (unpaired) electrons. The van der Waals surface area contributed by atoms with Crippen LogP contribution in [-0.2, 0) is 11.3 Å². The van der Waals surface area contributed by atoms with E-state index in [-0.39, 0.29) is 5.91 Å². The molecule has 0 aliphatic carbocycles. The van der Waals surface area contributed by atoms with Gasteiger partial charge in [-0.1, -0.05) is 36.8 Å². The molecule has 1 heterocycles. The van der Waals surface area contributed by atoms with Gasteiger partial charge < -0.3 is 11.1 Å². The maximum atomic E-state index is 12.1. The summed E-state index contributed by atoms with van der Waals surface area (Å²) in [5.74, 6) is 0.800. The first-order chi connectivity index (χ1) is 10.1. The van der Waals surface area contributed by atoms with Crippen LogP contribution >= 0.6 is 0 Å². The van der Waals surface area contributed by atoms with Crippen LogP contribution in [0.2, 0.25) is 0 Å². The maximum Gasteiger partial charge on any atom is 0.234 e. The quantitative estimate of drug-likeness (QED) is 0.867. The lowest BCUT2D eigenvalue weighted by molar-refractivity contribution is -0.123. The summed E-state index contributed by atoms with van der Waals surface area (Å²) in [7, 11) is 0. The number of carbonyl (C=O) groups is 1. The number of carbonyl (C=O) groups excluding carboxylic acids is 1. The molecule has 2 unspecified atom stereocenters. The number of rotatable bonds is 5. The third-order valence-corrected chi connectivity index (χ3v) is 4.33. The van der Waals surface area contributed by atoms with Crippen molar-refractivity contribution in [3.63, 3.8) is 0 Å². The van der Waals surface area contributed by atoms with E-state index in [4.69, 9.17) is 5.73 Å². The van der Waals surface area contributed by atoms with Crippen LogP contribution in [-0.4, -0.2) is 36.5 Å². The van der Waals surface area contributed by atoms with Crippen molar-refractivity contribution in [1.82, 2.24) is 10.2 Å². The minimum atomic E-state index is 0.0866. The highest BCUT2D eigenvalue weighted by molar-refractivity contribution is 5.78. The lowest BCUT2D eigenvalue weighted by atomic mass is 9.92. The van der Waals surface area contributed by atoms with Crippen LogP contribution in [0.5, 0.6) is 0 Å². The molecule has 3 N–H and O–H groups in total. The Labute approximate surface area is 127 Å². The second kappa shape index (κ2) is 7.57. The Hall–Kier alpha value is -1.39. The van der Waals surface area contributed by atoms with Gasteiger partial charge in [0.15, 0.2) is 0 Å². The van der Waals surface area contributed by atoms with Gasteiger partial charge in [-0.3, -0.25) is 9.69 Å². The Morgan fingerprint density at radius 3 is 2.76 bits per heavy atom. The highest BCUT2D eigenvalue weighted by Crippen LogP contribution is 2.21. The summed E-state index contributed by atoms with van der Waals surface area (Å²) >= 11 is 0. The maximum absolute atomic E-state index is 12.1. The number of amides is 1. The summed E-state index contributed by atoms with van der Waals surface area (Å²) in [6, 6.07) is 8.59. The summed E-state index contributed by atoms with van der Waals surface area (Å²) in [4.78, 5) is 14.3. The number of nitrogens with one attached hydrogen (secondary N) is 1. The van der Waals surface area contributed by atoms with E-state index in [0.717, 1.165) is 24.9 Å². The number of hydrogen-bond acceptors (Lipinski definition) is 3. The molecule has 2 atom stereocenters. The highest BCUT2D eigenvalue weighted by atomic mass is 16.2. The SMILES string of the molecule is Cc1ccc(CNC(=O)CN2CCC(C)CC2CN)cc1. The summed E-state index contributed by atoms with van der Waals surface area (Å²) < 4.78 is 0. The zero-order chi connectivity index (χ0) is 15.2. The molecule has 0 spiro atoms. The molecule has 2 rings (SSSR count). The molecule has 0 saturated carbocycles. The van der Waals surface area contributed by atoms with Crippen LogP contribution in [0.1, 0.15) is 30.9 Å².